The van der Waals surface area contributed by atoms with Gasteiger partial charge in [-0.25, -0.2) is 0 Å². The van der Waals surface area contributed by atoms with E-state index in [2.05, 4.69) is 33.0 Å². The van der Waals surface area contributed by atoms with Gasteiger partial charge in [0, 0.05) is 52.4 Å². The Morgan fingerprint density at radius 2 is 1.44 bits per heavy atom. The van der Waals surface area contributed by atoms with Crippen LogP contribution < -0.4 is 10.1 Å². The fourth-order valence-corrected chi connectivity index (χ4v) is 5.99. The molecular formula is C41H44N2O5. The Bertz CT molecular complexity index is 1870. The second-order valence-electron chi connectivity index (χ2n) is 13.2. The summed E-state index contributed by atoms with van der Waals surface area (Å²) in [6.07, 6.45) is 3.23. The topological polar surface area (TPSA) is 97.6 Å². The van der Waals surface area contributed by atoms with Crippen molar-refractivity contribution in [1.29, 1.82) is 0 Å². The summed E-state index contributed by atoms with van der Waals surface area (Å²) in [5.74, 6) is 0.0804. The van der Waals surface area contributed by atoms with Gasteiger partial charge in [0.15, 0.2) is 5.78 Å². The lowest BCUT2D eigenvalue weighted by atomic mass is 9.99. The second-order valence-corrected chi connectivity index (χ2v) is 13.2. The lowest BCUT2D eigenvalue weighted by molar-refractivity contribution is -0.137. The minimum Gasteiger partial charge on any atom is -0.481 e. The normalized spacial score (nSPS) is 12.0. The summed E-state index contributed by atoms with van der Waals surface area (Å²) >= 11 is 0. The number of carboxylic acids is 1. The number of aryl methyl sites for hydroxylation is 1. The van der Waals surface area contributed by atoms with Gasteiger partial charge in [-0.1, -0.05) is 94.4 Å². The predicted octanol–water partition coefficient (Wildman–Crippen LogP) is 8.89. The fraction of sp³-hybridized carbons (Fsp3) is 0.293. The van der Waals surface area contributed by atoms with Crippen LogP contribution in [0.2, 0.25) is 0 Å². The zero-order valence-corrected chi connectivity index (χ0v) is 28.1. The van der Waals surface area contributed by atoms with Crippen LogP contribution in [0.25, 0.3) is 10.9 Å². The van der Waals surface area contributed by atoms with Crippen molar-refractivity contribution in [1.82, 2.24) is 4.57 Å². The molecule has 0 fully saturated rings. The molecule has 0 saturated heterocycles. The molecule has 0 aliphatic heterocycles. The molecule has 1 amide bonds. The van der Waals surface area contributed by atoms with Crippen molar-refractivity contribution in [3.8, 4) is 5.75 Å². The molecular weight excluding hydrogens is 600 g/mol. The van der Waals surface area contributed by atoms with Gasteiger partial charge in [0.25, 0.3) is 5.91 Å². The Balaban J connectivity index is 1.41. The maximum absolute atomic E-state index is 13.9. The number of fused-ring (bicyclic) bond motifs is 1. The summed E-state index contributed by atoms with van der Waals surface area (Å²) in [7, 11) is 0. The number of hydrogen-bond donors (Lipinski definition) is 2. The first-order chi connectivity index (χ1) is 23.1. The first kappa shape index (κ1) is 34.2. The van der Waals surface area contributed by atoms with Gasteiger partial charge in [-0.2, -0.15) is 0 Å². The number of para-hydroxylation sites is 1. The van der Waals surface area contributed by atoms with Crippen molar-refractivity contribution in [3.05, 3.63) is 131 Å². The smallest absolute Gasteiger partial charge is 0.303 e. The van der Waals surface area contributed by atoms with E-state index in [0.717, 1.165) is 23.7 Å². The number of carboxylic acid groups (broad SMARTS) is 1. The first-order valence-electron chi connectivity index (χ1n) is 16.7. The molecule has 2 N–H and O–H groups in total. The summed E-state index contributed by atoms with van der Waals surface area (Å²) in [4.78, 5) is 38.8. The Hall–Kier alpha value is -5.17. The standard InChI is InChI=1S/C41H44N2O5/c1-27(2)23-29-14-18-31(19-15-29)40(41(47)42-33-20-16-30(17-21-33)24-28(3)4)48-34-10-7-9-32(25-34)39(46)36-26-43(22-8-13-38(44)45)37-12-6-5-11-35(36)37/h5-7,9-12,14-21,25-28,40H,8,13,22-24H2,1-4H3,(H,42,47)(H,44,45). The summed E-state index contributed by atoms with van der Waals surface area (Å²) < 4.78 is 8.34. The third-order valence-electron chi connectivity index (χ3n) is 8.20. The molecule has 48 heavy (non-hydrogen) atoms. The van der Waals surface area contributed by atoms with Crippen molar-refractivity contribution >= 4 is 34.3 Å². The average molecular weight is 645 g/mol. The molecule has 1 heterocycles. The maximum Gasteiger partial charge on any atom is 0.303 e. The van der Waals surface area contributed by atoms with E-state index < -0.39 is 12.1 Å². The van der Waals surface area contributed by atoms with E-state index in [9.17, 15) is 14.4 Å². The van der Waals surface area contributed by atoms with E-state index in [1.807, 2.05) is 77.4 Å². The van der Waals surface area contributed by atoms with Gasteiger partial charge in [-0.3, -0.25) is 14.4 Å². The van der Waals surface area contributed by atoms with Crippen LogP contribution in [0, 0.1) is 11.8 Å². The maximum atomic E-state index is 13.9. The monoisotopic (exact) mass is 644 g/mol. The number of nitrogens with zero attached hydrogens (tertiary/aromatic N) is 1. The first-order valence-corrected chi connectivity index (χ1v) is 16.7. The van der Waals surface area contributed by atoms with Gasteiger partial charge >= 0.3 is 5.97 Å². The molecule has 5 aromatic rings. The molecule has 0 bridgehead atoms. The zero-order chi connectivity index (χ0) is 34.2. The molecule has 248 valence electrons. The Morgan fingerprint density at radius 3 is 2.08 bits per heavy atom. The van der Waals surface area contributed by atoms with Crippen molar-refractivity contribution < 1.29 is 24.2 Å². The number of hydrogen-bond acceptors (Lipinski definition) is 4. The highest BCUT2D eigenvalue weighted by atomic mass is 16.5. The van der Waals surface area contributed by atoms with Crippen LogP contribution in [0.15, 0.2) is 103 Å². The van der Waals surface area contributed by atoms with Crippen LogP contribution in [-0.2, 0) is 29.0 Å². The molecule has 0 saturated carbocycles. The Labute approximate surface area is 282 Å². The molecule has 1 unspecified atom stereocenters. The third kappa shape index (κ3) is 8.79. The van der Waals surface area contributed by atoms with Gasteiger partial charge < -0.3 is 19.7 Å². The van der Waals surface area contributed by atoms with Gasteiger partial charge in [-0.15, -0.1) is 0 Å². The Morgan fingerprint density at radius 1 is 0.792 bits per heavy atom. The third-order valence-corrected chi connectivity index (χ3v) is 8.20. The number of carbonyl (C=O) groups excluding carboxylic acids is 2. The zero-order valence-electron chi connectivity index (χ0n) is 28.1. The van der Waals surface area contributed by atoms with Gasteiger partial charge in [0.05, 0.1) is 0 Å². The van der Waals surface area contributed by atoms with Gasteiger partial charge in [-0.05, 0) is 72.6 Å². The molecule has 0 radical (unpaired) electrons. The van der Waals surface area contributed by atoms with E-state index in [1.165, 1.54) is 11.1 Å². The van der Waals surface area contributed by atoms with Crippen LogP contribution >= 0.6 is 0 Å². The highest BCUT2D eigenvalue weighted by Crippen LogP contribution is 2.29. The summed E-state index contributed by atoms with van der Waals surface area (Å²) in [6.45, 7) is 9.18. The lowest BCUT2D eigenvalue weighted by Gasteiger charge is -2.20. The van der Waals surface area contributed by atoms with E-state index in [-0.39, 0.29) is 18.1 Å². The number of benzene rings is 4. The van der Waals surface area contributed by atoms with Crippen LogP contribution in [0.1, 0.15) is 79.3 Å². The average Bonchev–Trinajstić information content (AvgIpc) is 3.42. The quantitative estimate of drug-likeness (QED) is 0.111. The molecule has 4 aromatic carbocycles. The number of aliphatic carboxylic acids is 1. The molecule has 1 aromatic heterocycles. The van der Waals surface area contributed by atoms with E-state index >= 15 is 0 Å². The summed E-state index contributed by atoms with van der Waals surface area (Å²) in [5.41, 5.74) is 5.60. The van der Waals surface area contributed by atoms with Crippen LogP contribution in [0.4, 0.5) is 5.69 Å². The van der Waals surface area contributed by atoms with Crippen molar-refractivity contribution in [2.75, 3.05) is 5.32 Å². The predicted molar refractivity (Wildman–Crippen MR) is 191 cm³/mol. The Kier molecular flexibility index (Phi) is 11.1. The molecule has 0 aliphatic carbocycles. The van der Waals surface area contributed by atoms with E-state index in [0.29, 0.717) is 52.9 Å². The van der Waals surface area contributed by atoms with E-state index in [4.69, 9.17) is 9.84 Å². The van der Waals surface area contributed by atoms with Gasteiger partial charge in [0.2, 0.25) is 6.10 Å². The highest BCUT2D eigenvalue weighted by Gasteiger charge is 2.24. The lowest BCUT2D eigenvalue weighted by Crippen LogP contribution is -2.26. The number of aromatic nitrogens is 1. The van der Waals surface area contributed by atoms with E-state index in [1.54, 1.807) is 30.5 Å². The molecule has 7 heteroatoms. The SMILES string of the molecule is CC(C)Cc1ccc(NC(=O)C(Oc2cccc(C(=O)c3cn(CCCC(=O)O)c4ccccc34)c2)c2ccc(CC(C)C)cc2)cc1. The number of carbonyl (C=O) groups is 3. The number of ketones is 1. The van der Waals surface area contributed by atoms with Crippen molar-refractivity contribution in [3.63, 3.8) is 0 Å². The second kappa shape index (κ2) is 15.6. The number of ether oxygens (including phenoxy) is 1. The van der Waals surface area contributed by atoms with Crippen molar-refractivity contribution in [2.24, 2.45) is 11.8 Å². The summed E-state index contributed by atoms with van der Waals surface area (Å²) in [6, 6.07) is 30.3. The largest absolute Gasteiger partial charge is 0.481 e. The molecule has 0 aliphatic rings. The molecule has 0 spiro atoms. The van der Waals surface area contributed by atoms with Gasteiger partial charge in [0.1, 0.15) is 5.75 Å². The number of rotatable bonds is 15. The molecule has 1 atom stereocenters. The van der Waals surface area contributed by atoms with Crippen molar-refractivity contribution in [2.45, 2.75) is 66.0 Å². The minimum absolute atomic E-state index is 0.0494. The fourth-order valence-electron chi connectivity index (χ4n) is 5.99. The highest BCUT2D eigenvalue weighted by molar-refractivity contribution is 6.16. The molecule has 7 nitrogen and oxygen atoms in total. The van der Waals surface area contributed by atoms with Crippen LogP contribution in [0.5, 0.6) is 5.75 Å². The number of amides is 1. The summed E-state index contributed by atoms with van der Waals surface area (Å²) in [5, 5.41) is 12.9. The van der Waals surface area contributed by atoms with Crippen LogP contribution in [0.3, 0.4) is 0 Å². The minimum atomic E-state index is -0.963. The molecule has 5 rings (SSSR count). The van der Waals surface area contributed by atoms with Crippen LogP contribution in [-0.4, -0.2) is 27.3 Å². The number of anilines is 1. The number of nitrogens with one attached hydrogen (secondary N) is 1.